The predicted octanol–water partition coefficient (Wildman–Crippen LogP) is 6.65. The van der Waals surface area contributed by atoms with Gasteiger partial charge in [-0.15, -0.1) is 0 Å². The minimum atomic E-state index is -0.0137. The third kappa shape index (κ3) is 9.84. The van der Waals surface area contributed by atoms with Crippen molar-refractivity contribution < 1.29 is 14.3 Å². The number of hydrogen-bond acceptors (Lipinski definition) is 4. The Morgan fingerprint density at radius 3 is 1.74 bits per heavy atom. The molecule has 1 aromatic rings. The molecule has 176 valence electrons. The first kappa shape index (κ1) is 25.4. The zero-order valence-corrected chi connectivity index (χ0v) is 20.1. The lowest BCUT2D eigenvalue weighted by Gasteiger charge is -2.20. The van der Waals surface area contributed by atoms with Crippen LogP contribution in [0.2, 0.25) is 0 Å². The number of carbonyl (C=O) groups is 1. The van der Waals surface area contributed by atoms with E-state index < -0.39 is 0 Å². The van der Waals surface area contributed by atoms with Crippen LogP contribution in [0.25, 0.3) is 0 Å². The van der Waals surface area contributed by atoms with E-state index in [0.717, 1.165) is 43.2 Å². The van der Waals surface area contributed by atoms with Crippen LogP contribution in [-0.2, 0) is 4.79 Å². The first-order valence-corrected chi connectivity index (χ1v) is 12.6. The van der Waals surface area contributed by atoms with Gasteiger partial charge in [0.25, 0.3) is 0 Å². The Hall–Kier alpha value is -1.91. The summed E-state index contributed by atoms with van der Waals surface area (Å²) in [6, 6.07) is 6.00. The molecule has 0 aromatic heterocycles. The number of ether oxygens (including phenoxy) is 2. The molecule has 1 unspecified atom stereocenters. The van der Waals surface area contributed by atoms with Gasteiger partial charge >= 0.3 is 0 Å². The first-order valence-electron chi connectivity index (χ1n) is 12.6. The number of hydrogen-bond donors (Lipinski definition) is 1. The Bertz CT molecular complexity index is 599. The van der Waals surface area contributed by atoms with Gasteiger partial charge < -0.3 is 9.47 Å². The Morgan fingerprint density at radius 2 is 1.29 bits per heavy atom. The number of benzene rings is 1. The van der Waals surface area contributed by atoms with Gasteiger partial charge in [-0.1, -0.05) is 85.0 Å². The van der Waals surface area contributed by atoms with Gasteiger partial charge in [-0.25, -0.2) is 0 Å². The highest BCUT2D eigenvalue weighted by molar-refractivity contribution is 5.84. The smallest absolute Gasteiger partial charge is 0.243 e. The molecule has 31 heavy (non-hydrogen) atoms. The average Bonchev–Trinajstić information content (AvgIpc) is 3.11. The summed E-state index contributed by atoms with van der Waals surface area (Å²) in [5.41, 5.74) is 3.88. The molecule has 1 aromatic carbocycles. The number of unbranched alkanes of at least 4 members (excludes halogenated alkanes) is 10. The largest absolute Gasteiger partial charge is 0.493 e. The van der Waals surface area contributed by atoms with Crippen molar-refractivity contribution in [3.63, 3.8) is 0 Å². The molecule has 5 heteroatoms. The topological polar surface area (TPSA) is 50.8 Å². The molecule has 5 nitrogen and oxygen atoms in total. The van der Waals surface area contributed by atoms with Gasteiger partial charge in [0.15, 0.2) is 0 Å². The van der Waals surface area contributed by atoms with Gasteiger partial charge in [0.2, 0.25) is 5.91 Å². The van der Waals surface area contributed by atoms with Crippen molar-refractivity contribution in [1.29, 1.82) is 0 Å². The third-order valence-corrected chi connectivity index (χ3v) is 5.86. The molecule has 0 radical (unpaired) electrons. The Labute approximate surface area is 189 Å². The monoisotopic (exact) mass is 432 g/mol. The maximum atomic E-state index is 12.0. The van der Waals surface area contributed by atoms with Gasteiger partial charge in [-0.2, -0.15) is 0 Å². The Balaban J connectivity index is 1.87. The van der Waals surface area contributed by atoms with Crippen LogP contribution in [0.1, 0.15) is 97.8 Å². The maximum Gasteiger partial charge on any atom is 0.243 e. The molecule has 2 rings (SSSR count). The average molecular weight is 433 g/mol. The fourth-order valence-corrected chi connectivity index (χ4v) is 3.84. The molecule has 1 heterocycles. The van der Waals surface area contributed by atoms with E-state index in [4.69, 9.17) is 9.47 Å². The minimum Gasteiger partial charge on any atom is -0.493 e. The molecule has 1 saturated heterocycles. The second-order valence-electron chi connectivity index (χ2n) is 8.88. The second kappa shape index (κ2) is 15.0. The normalized spacial score (nSPS) is 15.9. The molecular formula is C26H44N2O3. The number of nitrogens with one attached hydrogen (secondary N) is 1. The SMILES string of the molecule is CCCCCCCCOc1cc(OCCCCCCCC)cc(N2CC(C)C(=O)N2)c1. The molecule has 1 N–H and O–H groups in total. The van der Waals surface area contributed by atoms with Crippen LogP contribution in [0.4, 0.5) is 5.69 Å². The summed E-state index contributed by atoms with van der Waals surface area (Å²) in [4.78, 5) is 12.0. The molecule has 0 saturated carbocycles. The highest BCUT2D eigenvalue weighted by Gasteiger charge is 2.27. The molecule has 0 spiro atoms. The number of amides is 1. The lowest BCUT2D eigenvalue weighted by Crippen LogP contribution is -2.32. The fourth-order valence-electron chi connectivity index (χ4n) is 3.84. The van der Waals surface area contributed by atoms with Crippen molar-refractivity contribution in [3.8, 4) is 11.5 Å². The lowest BCUT2D eigenvalue weighted by molar-refractivity contribution is -0.121. The van der Waals surface area contributed by atoms with Crippen LogP contribution in [0.3, 0.4) is 0 Å². The van der Waals surface area contributed by atoms with Gasteiger partial charge in [-0.05, 0) is 12.8 Å². The minimum absolute atomic E-state index is 0.0137. The standard InChI is InChI=1S/C26H44N2O3/c1-4-6-8-10-12-14-16-30-24-18-23(28-21-22(3)26(29)27-28)19-25(20-24)31-17-15-13-11-9-7-5-2/h18-20,22H,4-17,21H2,1-3H3,(H,27,29). The van der Waals surface area contributed by atoms with Crippen molar-refractivity contribution in [1.82, 2.24) is 5.43 Å². The van der Waals surface area contributed by atoms with E-state index in [1.165, 1.54) is 64.2 Å². The van der Waals surface area contributed by atoms with Crippen molar-refractivity contribution >= 4 is 11.6 Å². The van der Waals surface area contributed by atoms with Crippen LogP contribution < -0.4 is 19.9 Å². The summed E-state index contributed by atoms with van der Waals surface area (Å²) in [7, 11) is 0. The van der Waals surface area contributed by atoms with Crippen LogP contribution in [-0.4, -0.2) is 25.7 Å². The Kier molecular flexibility index (Phi) is 12.3. The summed E-state index contributed by atoms with van der Waals surface area (Å²) >= 11 is 0. The van der Waals surface area contributed by atoms with E-state index in [-0.39, 0.29) is 11.8 Å². The number of carbonyl (C=O) groups excluding carboxylic acids is 1. The van der Waals surface area contributed by atoms with Crippen molar-refractivity contribution in [2.75, 3.05) is 24.8 Å². The summed E-state index contributed by atoms with van der Waals surface area (Å²) in [5, 5.41) is 1.90. The molecular weight excluding hydrogens is 388 g/mol. The van der Waals surface area contributed by atoms with Gasteiger partial charge in [0.1, 0.15) is 11.5 Å². The number of rotatable bonds is 17. The van der Waals surface area contributed by atoms with E-state index >= 15 is 0 Å². The summed E-state index contributed by atoms with van der Waals surface area (Å²) in [5.74, 6) is 1.68. The molecule has 1 atom stereocenters. The first-order chi connectivity index (χ1) is 15.1. The number of anilines is 1. The summed E-state index contributed by atoms with van der Waals surface area (Å²) in [6.45, 7) is 8.53. The van der Waals surface area contributed by atoms with Crippen LogP contribution in [0.15, 0.2) is 18.2 Å². The highest BCUT2D eigenvalue weighted by Crippen LogP contribution is 2.30. The molecule has 0 aliphatic carbocycles. The fraction of sp³-hybridized carbons (Fsp3) is 0.731. The van der Waals surface area contributed by atoms with Crippen LogP contribution in [0.5, 0.6) is 11.5 Å². The molecule has 0 bridgehead atoms. The Morgan fingerprint density at radius 1 is 0.806 bits per heavy atom. The van der Waals surface area contributed by atoms with E-state index in [9.17, 15) is 4.79 Å². The van der Waals surface area contributed by atoms with Crippen LogP contribution >= 0.6 is 0 Å². The number of nitrogens with zero attached hydrogens (tertiary/aromatic N) is 1. The zero-order chi connectivity index (χ0) is 22.3. The lowest BCUT2D eigenvalue weighted by atomic mass is 10.1. The highest BCUT2D eigenvalue weighted by atomic mass is 16.5. The predicted molar refractivity (Wildman–Crippen MR) is 129 cm³/mol. The molecule has 1 fully saturated rings. The number of hydrazine groups is 1. The summed E-state index contributed by atoms with van der Waals surface area (Å²) < 4.78 is 12.1. The molecule has 1 aliphatic heterocycles. The molecule has 1 aliphatic rings. The van der Waals surface area contributed by atoms with Crippen molar-refractivity contribution in [3.05, 3.63) is 18.2 Å². The van der Waals surface area contributed by atoms with Gasteiger partial charge in [0.05, 0.1) is 31.4 Å². The summed E-state index contributed by atoms with van der Waals surface area (Å²) in [6.07, 6.45) is 14.9. The van der Waals surface area contributed by atoms with E-state index in [1.54, 1.807) is 0 Å². The van der Waals surface area contributed by atoms with E-state index in [1.807, 2.05) is 30.1 Å². The van der Waals surface area contributed by atoms with Crippen LogP contribution in [0, 0.1) is 5.92 Å². The van der Waals surface area contributed by atoms with Gasteiger partial charge in [-0.3, -0.25) is 15.2 Å². The van der Waals surface area contributed by atoms with Crippen molar-refractivity contribution in [2.24, 2.45) is 5.92 Å². The maximum absolute atomic E-state index is 12.0. The van der Waals surface area contributed by atoms with E-state index in [2.05, 4.69) is 19.3 Å². The van der Waals surface area contributed by atoms with Crippen molar-refractivity contribution in [2.45, 2.75) is 97.8 Å². The third-order valence-electron chi connectivity index (χ3n) is 5.86. The van der Waals surface area contributed by atoms with E-state index in [0.29, 0.717) is 6.54 Å². The zero-order valence-electron chi connectivity index (χ0n) is 20.1. The molecule has 1 amide bonds. The quantitative estimate of drug-likeness (QED) is 0.280. The second-order valence-corrected chi connectivity index (χ2v) is 8.88. The van der Waals surface area contributed by atoms with Gasteiger partial charge in [0, 0.05) is 18.2 Å².